The van der Waals surface area contributed by atoms with E-state index in [2.05, 4.69) is 6.07 Å². The Balaban J connectivity index is 2.24. The van der Waals surface area contributed by atoms with Gasteiger partial charge < -0.3 is 4.74 Å². The standard InChI is InChI=1S/C12H8FO/c13-11-8-4-5-9-12(11)14-10-6-2-1-3-7-10/h1-2,4-9H. The van der Waals surface area contributed by atoms with Crippen molar-refractivity contribution in [1.29, 1.82) is 0 Å². The molecule has 14 heavy (non-hydrogen) atoms. The molecule has 0 atom stereocenters. The Morgan fingerprint density at radius 3 is 2.64 bits per heavy atom. The number of halogens is 1. The van der Waals surface area contributed by atoms with E-state index in [1.54, 1.807) is 42.5 Å². The third kappa shape index (κ3) is 1.91. The van der Waals surface area contributed by atoms with Crippen LogP contribution in [0.3, 0.4) is 0 Å². The van der Waals surface area contributed by atoms with Crippen LogP contribution in [0.5, 0.6) is 11.5 Å². The molecular weight excluding hydrogens is 179 g/mol. The van der Waals surface area contributed by atoms with Crippen LogP contribution in [0.4, 0.5) is 4.39 Å². The van der Waals surface area contributed by atoms with Gasteiger partial charge in [0.25, 0.3) is 0 Å². The Labute approximate surface area is 81.8 Å². The maximum atomic E-state index is 13.1. The lowest BCUT2D eigenvalue weighted by Gasteiger charge is -2.05. The number of para-hydroxylation sites is 1. The molecule has 0 saturated heterocycles. The number of rotatable bonds is 2. The Morgan fingerprint density at radius 1 is 1.07 bits per heavy atom. The summed E-state index contributed by atoms with van der Waals surface area (Å²) in [5, 5.41) is 0. The topological polar surface area (TPSA) is 9.23 Å². The lowest BCUT2D eigenvalue weighted by Crippen LogP contribution is -1.86. The molecule has 69 valence electrons. The normalized spacial score (nSPS) is 9.79. The van der Waals surface area contributed by atoms with E-state index in [4.69, 9.17) is 4.74 Å². The summed E-state index contributed by atoms with van der Waals surface area (Å²) in [6.45, 7) is 0. The fourth-order valence-electron chi connectivity index (χ4n) is 1.09. The number of benzene rings is 2. The van der Waals surface area contributed by atoms with Gasteiger partial charge in [0.2, 0.25) is 0 Å². The molecule has 0 aromatic heterocycles. The number of hydrogen-bond acceptors (Lipinski definition) is 1. The van der Waals surface area contributed by atoms with E-state index in [0.717, 1.165) is 0 Å². The Morgan fingerprint density at radius 2 is 1.93 bits per heavy atom. The van der Waals surface area contributed by atoms with E-state index in [0.29, 0.717) is 5.75 Å². The van der Waals surface area contributed by atoms with E-state index in [-0.39, 0.29) is 11.6 Å². The molecule has 2 heteroatoms. The zero-order valence-electron chi connectivity index (χ0n) is 7.41. The van der Waals surface area contributed by atoms with E-state index in [1.807, 2.05) is 0 Å². The molecule has 0 N–H and O–H groups in total. The molecule has 0 saturated carbocycles. The smallest absolute Gasteiger partial charge is 0.165 e. The zero-order chi connectivity index (χ0) is 9.80. The molecule has 1 nitrogen and oxygen atoms in total. The Bertz CT molecular complexity index is 412. The number of ether oxygens (including phenoxy) is 1. The van der Waals surface area contributed by atoms with Crippen LogP contribution in [-0.2, 0) is 0 Å². The molecule has 2 aromatic carbocycles. The molecule has 0 aliphatic heterocycles. The first-order valence-electron chi connectivity index (χ1n) is 4.25. The summed E-state index contributed by atoms with van der Waals surface area (Å²) >= 11 is 0. The van der Waals surface area contributed by atoms with Gasteiger partial charge in [-0.15, -0.1) is 0 Å². The van der Waals surface area contributed by atoms with Gasteiger partial charge in [0.15, 0.2) is 11.6 Å². The van der Waals surface area contributed by atoms with Gasteiger partial charge in [0.1, 0.15) is 5.75 Å². The minimum atomic E-state index is -0.364. The fraction of sp³-hybridized carbons (Fsp3) is 0. The van der Waals surface area contributed by atoms with Crippen LogP contribution in [0.2, 0.25) is 0 Å². The molecule has 2 aromatic rings. The lowest BCUT2D eigenvalue weighted by molar-refractivity contribution is 0.442. The van der Waals surface area contributed by atoms with Crippen LogP contribution in [0.1, 0.15) is 0 Å². The van der Waals surface area contributed by atoms with Crippen LogP contribution < -0.4 is 4.74 Å². The highest BCUT2D eigenvalue weighted by Gasteiger charge is 2.01. The minimum Gasteiger partial charge on any atom is -0.454 e. The second kappa shape index (κ2) is 3.92. The van der Waals surface area contributed by atoms with Crippen LogP contribution in [0.25, 0.3) is 0 Å². The van der Waals surface area contributed by atoms with E-state index in [9.17, 15) is 4.39 Å². The van der Waals surface area contributed by atoms with Crippen molar-refractivity contribution >= 4 is 0 Å². The first kappa shape index (κ1) is 8.75. The molecule has 2 rings (SSSR count). The highest BCUT2D eigenvalue weighted by Crippen LogP contribution is 2.22. The predicted octanol–water partition coefficient (Wildman–Crippen LogP) is 3.42. The highest BCUT2D eigenvalue weighted by atomic mass is 19.1. The maximum absolute atomic E-state index is 13.1. The van der Waals surface area contributed by atoms with Crippen molar-refractivity contribution in [3.05, 3.63) is 60.4 Å². The van der Waals surface area contributed by atoms with E-state index in [1.165, 1.54) is 6.07 Å². The molecule has 0 aliphatic rings. The van der Waals surface area contributed by atoms with Crippen molar-refractivity contribution < 1.29 is 9.13 Å². The molecule has 0 bridgehead atoms. The zero-order valence-corrected chi connectivity index (χ0v) is 7.41. The van der Waals surface area contributed by atoms with E-state index >= 15 is 0 Å². The average molecular weight is 187 g/mol. The first-order chi connectivity index (χ1) is 6.86. The SMILES string of the molecule is Fc1ccccc1Oc1c[c]ccc1. The van der Waals surface area contributed by atoms with Crippen molar-refractivity contribution in [2.24, 2.45) is 0 Å². The summed E-state index contributed by atoms with van der Waals surface area (Å²) < 4.78 is 18.4. The van der Waals surface area contributed by atoms with Crippen molar-refractivity contribution in [2.75, 3.05) is 0 Å². The third-order valence-corrected chi connectivity index (χ3v) is 1.74. The quantitative estimate of drug-likeness (QED) is 0.700. The molecule has 1 radical (unpaired) electrons. The average Bonchev–Trinajstić information content (AvgIpc) is 2.23. The third-order valence-electron chi connectivity index (χ3n) is 1.74. The summed E-state index contributed by atoms with van der Waals surface area (Å²) in [6.07, 6.45) is 0. The first-order valence-corrected chi connectivity index (χ1v) is 4.25. The maximum Gasteiger partial charge on any atom is 0.165 e. The second-order valence-corrected chi connectivity index (χ2v) is 2.77. The van der Waals surface area contributed by atoms with Crippen molar-refractivity contribution in [3.63, 3.8) is 0 Å². The van der Waals surface area contributed by atoms with Gasteiger partial charge >= 0.3 is 0 Å². The fourth-order valence-corrected chi connectivity index (χ4v) is 1.09. The van der Waals surface area contributed by atoms with Gasteiger partial charge in [-0.3, -0.25) is 0 Å². The monoisotopic (exact) mass is 187 g/mol. The molecule has 0 amide bonds. The van der Waals surface area contributed by atoms with Gasteiger partial charge in [0.05, 0.1) is 0 Å². The van der Waals surface area contributed by atoms with Crippen LogP contribution in [0, 0.1) is 11.9 Å². The van der Waals surface area contributed by atoms with Crippen LogP contribution in [-0.4, -0.2) is 0 Å². The minimum absolute atomic E-state index is 0.229. The molecular formula is C12H8FO. The van der Waals surface area contributed by atoms with E-state index < -0.39 is 0 Å². The summed E-state index contributed by atoms with van der Waals surface area (Å²) in [5.74, 6) is 0.445. The van der Waals surface area contributed by atoms with Crippen molar-refractivity contribution in [1.82, 2.24) is 0 Å². The van der Waals surface area contributed by atoms with Gasteiger partial charge in [-0.25, -0.2) is 4.39 Å². The summed E-state index contributed by atoms with van der Waals surface area (Å²) in [4.78, 5) is 0. The summed E-state index contributed by atoms with van der Waals surface area (Å²) in [7, 11) is 0. The lowest BCUT2D eigenvalue weighted by atomic mass is 10.3. The van der Waals surface area contributed by atoms with Crippen molar-refractivity contribution in [3.8, 4) is 11.5 Å². The summed E-state index contributed by atoms with van der Waals surface area (Å²) in [6, 6.07) is 16.1. The molecule has 0 heterocycles. The largest absolute Gasteiger partial charge is 0.454 e. The molecule has 0 spiro atoms. The molecule has 0 unspecified atom stereocenters. The van der Waals surface area contributed by atoms with Gasteiger partial charge in [0, 0.05) is 0 Å². The number of hydrogen-bond donors (Lipinski definition) is 0. The van der Waals surface area contributed by atoms with Gasteiger partial charge in [-0.2, -0.15) is 0 Å². The Kier molecular flexibility index (Phi) is 2.45. The highest BCUT2D eigenvalue weighted by molar-refractivity contribution is 5.31. The second-order valence-electron chi connectivity index (χ2n) is 2.77. The van der Waals surface area contributed by atoms with Crippen molar-refractivity contribution in [2.45, 2.75) is 0 Å². The predicted molar refractivity (Wildman–Crippen MR) is 51.8 cm³/mol. The van der Waals surface area contributed by atoms with Crippen LogP contribution in [0.15, 0.2) is 48.5 Å². The Hall–Kier alpha value is -1.83. The van der Waals surface area contributed by atoms with Gasteiger partial charge in [-0.05, 0) is 30.3 Å². The van der Waals surface area contributed by atoms with Gasteiger partial charge in [-0.1, -0.05) is 24.3 Å². The molecule has 0 aliphatic carbocycles. The van der Waals surface area contributed by atoms with Crippen LogP contribution >= 0.6 is 0 Å². The summed E-state index contributed by atoms with van der Waals surface area (Å²) in [5.41, 5.74) is 0. The molecule has 0 fully saturated rings.